The van der Waals surface area contributed by atoms with E-state index in [1.165, 1.54) is 0 Å². The van der Waals surface area contributed by atoms with E-state index in [1.54, 1.807) is 28.9 Å². The van der Waals surface area contributed by atoms with E-state index in [1.807, 2.05) is 58.0 Å². The van der Waals surface area contributed by atoms with Gasteiger partial charge in [-0.1, -0.05) is 53.2 Å². The van der Waals surface area contributed by atoms with Gasteiger partial charge in [0.1, 0.15) is 5.69 Å². The summed E-state index contributed by atoms with van der Waals surface area (Å²) in [7, 11) is 0. The molecule has 1 saturated heterocycles. The standard InChI is InChI=1S/C26H22ClN5O2/c27-20-9-11-21(12-10-20)32-25(18-5-2-1-3-6-18)24(28-29-32)26(34)30-14-17-13-19(16-30)22-7-4-8-23(33)31(22)15-17/h1-12,17,19H,13-16H2. The van der Waals surface area contributed by atoms with Gasteiger partial charge in [0.05, 0.1) is 5.69 Å². The summed E-state index contributed by atoms with van der Waals surface area (Å²) >= 11 is 6.08. The number of aromatic nitrogens is 4. The number of fused-ring (bicyclic) bond motifs is 4. The Morgan fingerprint density at radius 2 is 1.71 bits per heavy atom. The van der Waals surface area contributed by atoms with Crippen LogP contribution in [0.2, 0.25) is 5.02 Å². The van der Waals surface area contributed by atoms with Crippen molar-refractivity contribution in [3.05, 3.63) is 99.6 Å². The fraction of sp³-hybridized carbons (Fsp3) is 0.231. The predicted molar refractivity (Wildman–Crippen MR) is 129 cm³/mol. The molecule has 1 amide bonds. The predicted octanol–water partition coefficient (Wildman–Crippen LogP) is 4.01. The second-order valence-electron chi connectivity index (χ2n) is 8.95. The van der Waals surface area contributed by atoms with Gasteiger partial charge in [-0.25, -0.2) is 4.68 Å². The van der Waals surface area contributed by atoms with Gasteiger partial charge in [-0.05, 0) is 42.7 Å². The molecule has 0 N–H and O–H groups in total. The fourth-order valence-electron chi connectivity index (χ4n) is 5.26. The van der Waals surface area contributed by atoms with Gasteiger partial charge in [0.25, 0.3) is 11.5 Å². The number of hydrogen-bond acceptors (Lipinski definition) is 4. The summed E-state index contributed by atoms with van der Waals surface area (Å²) in [5.41, 5.74) is 3.66. The highest BCUT2D eigenvalue weighted by molar-refractivity contribution is 6.30. The molecule has 170 valence electrons. The SMILES string of the molecule is O=C(c1nnn(-c2ccc(Cl)cc2)c1-c1ccccc1)N1CC2CC(C1)c1cccc(=O)n1C2. The van der Waals surface area contributed by atoms with Gasteiger partial charge in [0.2, 0.25) is 0 Å². The van der Waals surface area contributed by atoms with Gasteiger partial charge < -0.3 is 9.47 Å². The highest BCUT2D eigenvalue weighted by atomic mass is 35.5. The molecule has 2 atom stereocenters. The Morgan fingerprint density at radius 3 is 2.50 bits per heavy atom. The first-order valence-electron chi connectivity index (χ1n) is 11.3. The summed E-state index contributed by atoms with van der Waals surface area (Å²) in [6, 6.07) is 22.4. The van der Waals surface area contributed by atoms with Crippen molar-refractivity contribution in [3.63, 3.8) is 0 Å². The molecular weight excluding hydrogens is 450 g/mol. The summed E-state index contributed by atoms with van der Waals surface area (Å²) in [5, 5.41) is 9.34. The molecule has 2 aromatic heterocycles. The Balaban J connectivity index is 1.39. The van der Waals surface area contributed by atoms with Gasteiger partial charge in [-0.3, -0.25) is 9.59 Å². The van der Waals surface area contributed by atoms with E-state index >= 15 is 0 Å². The van der Waals surface area contributed by atoms with E-state index < -0.39 is 0 Å². The Labute approximate surface area is 201 Å². The molecule has 8 heteroatoms. The van der Waals surface area contributed by atoms with Crippen molar-refractivity contribution in [2.75, 3.05) is 13.1 Å². The van der Waals surface area contributed by atoms with Crippen molar-refractivity contribution >= 4 is 17.5 Å². The smallest absolute Gasteiger partial charge is 0.276 e. The molecule has 0 saturated carbocycles. The molecule has 6 rings (SSSR count). The lowest BCUT2D eigenvalue weighted by Gasteiger charge is -2.42. The average molecular weight is 472 g/mol. The number of likely N-dealkylation sites (tertiary alicyclic amines) is 1. The zero-order valence-corrected chi connectivity index (χ0v) is 19.1. The van der Waals surface area contributed by atoms with E-state index in [0.717, 1.165) is 23.4 Å². The Kier molecular flexibility index (Phi) is 5.07. The molecular formula is C26H22ClN5O2. The Morgan fingerprint density at radius 1 is 0.912 bits per heavy atom. The number of amides is 1. The number of rotatable bonds is 3. The maximum Gasteiger partial charge on any atom is 0.276 e. The summed E-state index contributed by atoms with van der Waals surface area (Å²) < 4.78 is 3.56. The van der Waals surface area contributed by atoms with Gasteiger partial charge >= 0.3 is 0 Å². The van der Waals surface area contributed by atoms with Gasteiger partial charge in [0, 0.05) is 47.9 Å². The van der Waals surface area contributed by atoms with Gasteiger partial charge in [-0.15, -0.1) is 5.10 Å². The Bertz CT molecular complexity index is 1430. The van der Waals surface area contributed by atoms with Crippen LogP contribution in [0.5, 0.6) is 0 Å². The molecule has 0 spiro atoms. The van der Waals surface area contributed by atoms with Crippen molar-refractivity contribution in [1.29, 1.82) is 0 Å². The van der Waals surface area contributed by atoms with Crippen LogP contribution >= 0.6 is 11.6 Å². The molecule has 7 nitrogen and oxygen atoms in total. The molecule has 4 aromatic rings. The first kappa shape index (κ1) is 20.9. The van der Waals surface area contributed by atoms with E-state index in [9.17, 15) is 9.59 Å². The van der Waals surface area contributed by atoms with Crippen LogP contribution in [0.3, 0.4) is 0 Å². The quantitative estimate of drug-likeness (QED) is 0.452. The lowest BCUT2D eigenvalue weighted by atomic mass is 9.83. The zero-order chi connectivity index (χ0) is 23.2. The maximum absolute atomic E-state index is 13.8. The summed E-state index contributed by atoms with van der Waals surface area (Å²) in [6.07, 6.45) is 0.982. The van der Waals surface area contributed by atoms with Crippen LogP contribution < -0.4 is 5.56 Å². The second kappa shape index (κ2) is 8.25. The van der Waals surface area contributed by atoms with E-state index in [-0.39, 0.29) is 23.3 Å². The first-order chi connectivity index (χ1) is 16.6. The van der Waals surface area contributed by atoms with Crippen LogP contribution in [0.4, 0.5) is 0 Å². The van der Waals surface area contributed by atoms with E-state index in [4.69, 9.17) is 11.6 Å². The number of benzene rings is 2. The van der Waals surface area contributed by atoms with Crippen molar-refractivity contribution in [2.45, 2.75) is 18.9 Å². The van der Waals surface area contributed by atoms with Crippen molar-refractivity contribution in [2.24, 2.45) is 5.92 Å². The molecule has 34 heavy (non-hydrogen) atoms. The molecule has 1 fully saturated rings. The number of pyridine rings is 1. The molecule has 0 radical (unpaired) electrons. The van der Waals surface area contributed by atoms with Crippen molar-refractivity contribution in [3.8, 4) is 16.9 Å². The fourth-order valence-corrected chi connectivity index (χ4v) is 5.38. The molecule has 2 bridgehead atoms. The summed E-state index contributed by atoms with van der Waals surface area (Å²) in [5.74, 6) is 0.235. The van der Waals surface area contributed by atoms with Crippen LogP contribution in [-0.4, -0.2) is 43.5 Å². The first-order valence-corrected chi connectivity index (χ1v) is 11.7. The van der Waals surface area contributed by atoms with Gasteiger partial charge in [-0.2, -0.15) is 0 Å². The number of halogens is 1. The number of carbonyl (C=O) groups is 1. The van der Waals surface area contributed by atoms with Crippen molar-refractivity contribution in [1.82, 2.24) is 24.5 Å². The molecule has 0 aliphatic carbocycles. The number of carbonyl (C=O) groups excluding carboxylic acids is 1. The van der Waals surface area contributed by atoms with Gasteiger partial charge in [0.15, 0.2) is 5.69 Å². The minimum Gasteiger partial charge on any atom is -0.336 e. The number of nitrogens with zero attached hydrogens (tertiary/aromatic N) is 5. The summed E-state index contributed by atoms with van der Waals surface area (Å²) in [6.45, 7) is 1.79. The number of hydrogen-bond donors (Lipinski definition) is 0. The lowest BCUT2D eigenvalue weighted by molar-refractivity contribution is 0.0589. The minimum absolute atomic E-state index is 0.0317. The molecule has 2 aliphatic rings. The molecule has 2 unspecified atom stereocenters. The third-order valence-electron chi connectivity index (χ3n) is 6.76. The zero-order valence-electron chi connectivity index (χ0n) is 18.3. The molecule has 2 aliphatic heterocycles. The van der Waals surface area contributed by atoms with Crippen LogP contribution in [0.15, 0.2) is 77.6 Å². The van der Waals surface area contributed by atoms with E-state index in [0.29, 0.717) is 36.0 Å². The monoisotopic (exact) mass is 471 g/mol. The highest BCUT2D eigenvalue weighted by Gasteiger charge is 2.38. The number of piperidine rings is 1. The normalized spacial score (nSPS) is 19.0. The molecule has 2 aromatic carbocycles. The second-order valence-corrected chi connectivity index (χ2v) is 9.39. The van der Waals surface area contributed by atoms with Crippen LogP contribution in [0.1, 0.15) is 28.5 Å². The lowest BCUT2D eigenvalue weighted by Crippen LogP contribution is -2.49. The van der Waals surface area contributed by atoms with E-state index in [2.05, 4.69) is 10.3 Å². The summed E-state index contributed by atoms with van der Waals surface area (Å²) in [4.78, 5) is 28.0. The average Bonchev–Trinajstić information content (AvgIpc) is 3.30. The highest BCUT2D eigenvalue weighted by Crippen LogP contribution is 2.36. The largest absolute Gasteiger partial charge is 0.336 e. The third-order valence-corrected chi connectivity index (χ3v) is 7.01. The maximum atomic E-state index is 13.8. The van der Waals surface area contributed by atoms with Crippen molar-refractivity contribution < 1.29 is 4.79 Å². The molecule has 4 heterocycles. The van der Waals surface area contributed by atoms with Crippen LogP contribution in [0.25, 0.3) is 16.9 Å². The Hall–Kier alpha value is -3.71. The van der Waals surface area contributed by atoms with Crippen LogP contribution in [0, 0.1) is 5.92 Å². The topological polar surface area (TPSA) is 73.0 Å². The third kappa shape index (κ3) is 3.53. The van der Waals surface area contributed by atoms with Crippen LogP contribution in [-0.2, 0) is 6.54 Å². The minimum atomic E-state index is -0.138.